The summed E-state index contributed by atoms with van der Waals surface area (Å²) in [5.74, 6) is -1.50. The molecule has 1 N–H and O–H groups in total. The number of hydrogen-bond donors (Lipinski definition) is 1. The summed E-state index contributed by atoms with van der Waals surface area (Å²) >= 11 is 0. The topological polar surface area (TPSA) is 21.3 Å². The fourth-order valence-corrected chi connectivity index (χ4v) is 2.11. The second-order valence-corrected chi connectivity index (χ2v) is 5.04. The molecule has 0 aromatic heterocycles. The molecule has 2 nitrogen and oxygen atoms in total. The van der Waals surface area contributed by atoms with Gasteiger partial charge in [0.05, 0.1) is 6.61 Å². The lowest BCUT2D eigenvalue weighted by Crippen LogP contribution is -2.07. The molecule has 0 heterocycles. The molecular weight excluding hydrogens is 260 g/mol. The number of nitrogens with one attached hydrogen (secondary N) is 1. The number of halogens is 2. The van der Waals surface area contributed by atoms with Crippen LogP contribution >= 0.6 is 0 Å². The van der Waals surface area contributed by atoms with Gasteiger partial charge >= 0.3 is 0 Å². The van der Waals surface area contributed by atoms with Crippen LogP contribution in [0.5, 0.6) is 5.75 Å². The fraction of sp³-hybridized carbons (Fsp3) is 0.625. The summed E-state index contributed by atoms with van der Waals surface area (Å²) in [7, 11) is 1.73. The van der Waals surface area contributed by atoms with Gasteiger partial charge in [-0.1, -0.05) is 39.0 Å². The second kappa shape index (κ2) is 9.70. The summed E-state index contributed by atoms with van der Waals surface area (Å²) < 4.78 is 32.7. The van der Waals surface area contributed by atoms with Crippen LogP contribution in [0.4, 0.5) is 8.78 Å². The van der Waals surface area contributed by atoms with Crippen LogP contribution in [0.25, 0.3) is 0 Å². The average molecular weight is 285 g/mol. The number of ether oxygens (including phenoxy) is 1. The van der Waals surface area contributed by atoms with Crippen molar-refractivity contribution in [3.8, 4) is 5.75 Å². The van der Waals surface area contributed by atoms with Crippen LogP contribution in [0.2, 0.25) is 0 Å². The number of benzene rings is 1. The first-order chi connectivity index (χ1) is 9.69. The minimum Gasteiger partial charge on any atom is -0.488 e. The zero-order valence-corrected chi connectivity index (χ0v) is 12.5. The van der Waals surface area contributed by atoms with E-state index in [-0.39, 0.29) is 5.75 Å². The summed E-state index contributed by atoms with van der Waals surface area (Å²) in [5, 5.41) is 2.86. The van der Waals surface area contributed by atoms with E-state index < -0.39 is 11.6 Å². The quantitative estimate of drug-likeness (QED) is 0.642. The normalized spacial score (nSPS) is 10.8. The van der Waals surface area contributed by atoms with Crippen LogP contribution in [0, 0.1) is 11.6 Å². The average Bonchev–Trinajstić information content (AvgIpc) is 2.40. The predicted molar refractivity (Wildman–Crippen MR) is 78.0 cm³/mol. The minimum atomic E-state index is -0.624. The van der Waals surface area contributed by atoms with Gasteiger partial charge < -0.3 is 10.1 Å². The summed E-state index contributed by atoms with van der Waals surface area (Å²) in [6.45, 7) is 2.98. The van der Waals surface area contributed by atoms with Crippen LogP contribution in [-0.2, 0) is 6.54 Å². The van der Waals surface area contributed by atoms with Gasteiger partial charge in [-0.2, -0.15) is 0 Å². The van der Waals surface area contributed by atoms with E-state index in [9.17, 15) is 8.78 Å². The summed E-state index contributed by atoms with van der Waals surface area (Å²) in [6.07, 6.45) is 6.71. The Balaban J connectivity index is 2.36. The van der Waals surface area contributed by atoms with Crippen LogP contribution in [-0.4, -0.2) is 13.7 Å². The molecule has 114 valence electrons. The second-order valence-electron chi connectivity index (χ2n) is 5.04. The Kier molecular flexibility index (Phi) is 8.19. The van der Waals surface area contributed by atoms with Crippen molar-refractivity contribution in [3.05, 3.63) is 29.3 Å². The smallest absolute Gasteiger partial charge is 0.190 e. The standard InChI is InChI=1S/C16H25F2NO/c1-3-4-5-6-7-8-9-20-16-14(17)10-13(12-19-2)11-15(16)18/h10-11,19H,3-9,12H2,1-2H3. The molecule has 0 spiro atoms. The van der Waals surface area contributed by atoms with E-state index >= 15 is 0 Å². The molecule has 1 aromatic rings. The third-order valence-electron chi connectivity index (χ3n) is 3.18. The van der Waals surface area contributed by atoms with Crippen molar-refractivity contribution in [1.29, 1.82) is 0 Å². The SMILES string of the molecule is CCCCCCCCOc1c(F)cc(CNC)cc1F. The molecule has 0 unspecified atom stereocenters. The Morgan fingerprint density at radius 1 is 1.00 bits per heavy atom. The highest BCUT2D eigenvalue weighted by Gasteiger charge is 2.12. The largest absolute Gasteiger partial charge is 0.488 e. The maximum atomic E-state index is 13.7. The maximum absolute atomic E-state index is 13.7. The van der Waals surface area contributed by atoms with Crippen LogP contribution < -0.4 is 10.1 Å². The van der Waals surface area contributed by atoms with E-state index in [1.807, 2.05) is 0 Å². The molecule has 0 saturated heterocycles. The van der Waals surface area contributed by atoms with E-state index in [0.29, 0.717) is 18.7 Å². The Bertz CT molecular complexity index is 373. The van der Waals surface area contributed by atoms with E-state index in [4.69, 9.17) is 4.74 Å². The predicted octanol–water partition coefficient (Wildman–Crippen LogP) is 4.42. The lowest BCUT2D eigenvalue weighted by atomic mass is 10.1. The van der Waals surface area contributed by atoms with Gasteiger partial charge in [-0.15, -0.1) is 0 Å². The molecule has 1 rings (SSSR count). The highest BCUT2D eigenvalue weighted by molar-refractivity contribution is 5.31. The molecule has 20 heavy (non-hydrogen) atoms. The van der Waals surface area contributed by atoms with Crippen LogP contribution in [0.3, 0.4) is 0 Å². The molecule has 0 atom stereocenters. The Hall–Kier alpha value is -1.16. The van der Waals surface area contributed by atoms with Crippen molar-refractivity contribution in [2.24, 2.45) is 0 Å². The van der Waals surface area contributed by atoms with E-state index in [1.54, 1.807) is 7.05 Å². The molecule has 0 amide bonds. The third-order valence-corrected chi connectivity index (χ3v) is 3.18. The van der Waals surface area contributed by atoms with Gasteiger partial charge in [0.2, 0.25) is 0 Å². The monoisotopic (exact) mass is 285 g/mol. The van der Waals surface area contributed by atoms with Gasteiger partial charge in [-0.3, -0.25) is 0 Å². The number of rotatable bonds is 10. The van der Waals surface area contributed by atoms with Gasteiger partial charge in [0.1, 0.15) is 0 Å². The van der Waals surface area contributed by atoms with Gasteiger partial charge in [-0.05, 0) is 31.2 Å². The summed E-state index contributed by atoms with van der Waals surface area (Å²) in [4.78, 5) is 0. The van der Waals surface area contributed by atoms with E-state index in [1.165, 1.54) is 31.4 Å². The Labute approximate surface area is 120 Å². The number of unbranched alkanes of at least 4 members (excludes halogenated alkanes) is 5. The molecule has 0 aliphatic heterocycles. The summed E-state index contributed by atoms with van der Waals surface area (Å²) in [6, 6.07) is 2.63. The molecular formula is C16H25F2NO. The van der Waals surface area contributed by atoms with E-state index in [0.717, 1.165) is 19.3 Å². The first-order valence-electron chi connectivity index (χ1n) is 7.44. The number of hydrogen-bond acceptors (Lipinski definition) is 2. The highest BCUT2D eigenvalue weighted by atomic mass is 19.1. The van der Waals surface area contributed by atoms with Crippen molar-refractivity contribution in [2.45, 2.75) is 52.0 Å². The van der Waals surface area contributed by atoms with Crippen molar-refractivity contribution >= 4 is 0 Å². The minimum absolute atomic E-state index is 0.251. The first-order valence-corrected chi connectivity index (χ1v) is 7.44. The van der Waals surface area contributed by atoms with Gasteiger partial charge in [0.15, 0.2) is 17.4 Å². The van der Waals surface area contributed by atoms with Crippen molar-refractivity contribution in [1.82, 2.24) is 5.32 Å². The molecule has 0 saturated carbocycles. The highest BCUT2D eigenvalue weighted by Crippen LogP contribution is 2.23. The molecule has 0 bridgehead atoms. The van der Waals surface area contributed by atoms with E-state index in [2.05, 4.69) is 12.2 Å². The van der Waals surface area contributed by atoms with Crippen molar-refractivity contribution < 1.29 is 13.5 Å². The zero-order valence-electron chi connectivity index (χ0n) is 12.5. The van der Waals surface area contributed by atoms with Gasteiger partial charge in [0.25, 0.3) is 0 Å². The van der Waals surface area contributed by atoms with Crippen molar-refractivity contribution in [2.75, 3.05) is 13.7 Å². The third kappa shape index (κ3) is 5.87. The molecule has 1 aromatic carbocycles. The van der Waals surface area contributed by atoms with Crippen LogP contribution in [0.15, 0.2) is 12.1 Å². The maximum Gasteiger partial charge on any atom is 0.190 e. The fourth-order valence-electron chi connectivity index (χ4n) is 2.11. The van der Waals surface area contributed by atoms with Crippen LogP contribution in [0.1, 0.15) is 51.0 Å². The zero-order chi connectivity index (χ0) is 14.8. The lowest BCUT2D eigenvalue weighted by molar-refractivity contribution is 0.274. The lowest BCUT2D eigenvalue weighted by Gasteiger charge is -2.10. The molecule has 4 heteroatoms. The van der Waals surface area contributed by atoms with Gasteiger partial charge in [0, 0.05) is 6.54 Å². The molecule has 0 aliphatic carbocycles. The Morgan fingerprint density at radius 2 is 1.60 bits per heavy atom. The first kappa shape index (κ1) is 16.9. The van der Waals surface area contributed by atoms with Gasteiger partial charge in [-0.25, -0.2) is 8.78 Å². The summed E-state index contributed by atoms with van der Waals surface area (Å²) in [5.41, 5.74) is 0.578. The van der Waals surface area contributed by atoms with Crippen molar-refractivity contribution in [3.63, 3.8) is 0 Å². The molecule has 0 aliphatic rings. The molecule has 0 fully saturated rings. The molecule has 0 radical (unpaired) electrons. The Morgan fingerprint density at radius 3 is 2.20 bits per heavy atom.